The van der Waals surface area contributed by atoms with Crippen molar-refractivity contribution in [1.29, 1.82) is 0 Å². The lowest BCUT2D eigenvalue weighted by molar-refractivity contribution is 0.416. The first-order valence-electron chi connectivity index (χ1n) is 5.87. The van der Waals surface area contributed by atoms with Crippen LogP contribution in [-0.4, -0.2) is 18.8 Å². The molecule has 0 atom stereocenters. The molecule has 0 heterocycles. The van der Waals surface area contributed by atoms with Crippen LogP contribution in [0.1, 0.15) is 0 Å². The second-order valence-corrected chi connectivity index (χ2v) is 4.25. The molecule has 98 valence electrons. The Labute approximate surface area is 117 Å². The van der Waals surface area contributed by atoms with Crippen LogP contribution in [0.25, 0.3) is 11.1 Å². The summed E-state index contributed by atoms with van der Waals surface area (Å²) >= 11 is 5.60. The predicted molar refractivity (Wildman–Crippen MR) is 80.4 cm³/mol. The molecule has 0 bridgehead atoms. The quantitative estimate of drug-likeness (QED) is 0.526. The monoisotopic (exact) mass is 274 g/mol. The number of hydrogen-bond donors (Lipinski definition) is 1. The van der Waals surface area contributed by atoms with Crippen molar-refractivity contribution in [2.45, 2.75) is 0 Å². The van der Waals surface area contributed by atoms with Gasteiger partial charge in [-0.2, -0.15) is 0 Å². The van der Waals surface area contributed by atoms with E-state index < -0.39 is 0 Å². The zero-order valence-corrected chi connectivity index (χ0v) is 11.4. The molecule has 0 radical (unpaired) electrons. The highest BCUT2D eigenvalue weighted by Crippen LogP contribution is 2.30. The second kappa shape index (κ2) is 6.25. The Morgan fingerprint density at radius 2 is 1.84 bits per heavy atom. The predicted octanol–water partition coefficient (Wildman–Crippen LogP) is 3.59. The highest BCUT2D eigenvalue weighted by atomic mass is 35.5. The van der Waals surface area contributed by atoms with Crippen molar-refractivity contribution in [3.63, 3.8) is 0 Å². The van der Waals surface area contributed by atoms with E-state index >= 15 is 0 Å². The number of halogens is 1. The van der Waals surface area contributed by atoms with E-state index in [4.69, 9.17) is 22.1 Å². The van der Waals surface area contributed by atoms with Gasteiger partial charge < -0.3 is 10.5 Å². The Balaban J connectivity index is 2.32. The van der Waals surface area contributed by atoms with Gasteiger partial charge in [-0.05, 0) is 23.8 Å². The van der Waals surface area contributed by atoms with E-state index in [1.165, 1.54) is 0 Å². The van der Waals surface area contributed by atoms with Gasteiger partial charge in [0, 0.05) is 5.56 Å². The molecule has 0 amide bonds. The van der Waals surface area contributed by atoms with Crippen LogP contribution in [0.5, 0.6) is 5.75 Å². The van der Waals surface area contributed by atoms with Crippen LogP contribution >= 0.6 is 11.6 Å². The van der Waals surface area contributed by atoms with Gasteiger partial charge in [-0.3, -0.25) is 0 Å². The van der Waals surface area contributed by atoms with Crippen molar-refractivity contribution in [2.75, 3.05) is 13.0 Å². The van der Waals surface area contributed by atoms with Crippen LogP contribution in [-0.2, 0) is 0 Å². The first kappa shape index (κ1) is 13.4. The molecule has 2 rings (SSSR count). The van der Waals surface area contributed by atoms with Crippen molar-refractivity contribution in [2.24, 2.45) is 10.7 Å². The summed E-state index contributed by atoms with van der Waals surface area (Å²) in [5, 5.41) is 0. The average Bonchev–Trinajstić information content (AvgIpc) is 2.48. The normalized spacial score (nSPS) is 11.4. The molecule has 3 nitrogen and oxygen atoms in total. The molecule has 0 saturated carbocycles. The van der Waals surface area contributed by atoms with Gasteiger partial charge in [0.25, 0.3) is 0 Å². The zero-order valence-electron chi connectivity index (χ0n) is 10.6. The standard InChI is InChI=1S/C15H15ClN2O/c1-19-14-5-3-2-4-13(14)11-6-8-12(9-7-11)18-15(17)10-16/h2-9H,10H2,1H3,(H2,17,18). The Bertz CT molecular complexity index is 579. The number of rotatable bonds is 4. The SMILES string of the molecule is COc1ccccc1-c1ccc(N=C(N)CCl)cc1. The first-order chi connectivity index (χ1) is 9.24. The maximum absolute atomic E-state index is 5.60. The maximum atomic E-state index is 5.60. The minimum absolute atomic E-state index is 0.230. The average molecular weight is 275 g/mol. The van der Waals surface area contributed by atoms with Gasteiger partial charge in [-0.15, -0.1) is 11.6 Å². The second-order valence-electron chi connectivity index (χ2n) is 3.98. The molecule has 0 fully saturated rings. The molecule has 0 spiro atoms. The van der Waals surface area contributed by atoms with Crippen molar-refractivity contribution >= 4 is 23.1 Å². The van der Waals surface area contributed by atoms with E-state index in [2.05, 4.69) is 4.99 Å². The lowest BCUT2D eigenvalue weighted by Gasteiger charge is -2.08. The summed E-state index contributed by atoms with van der Waals surface area (Å²) in [5.41, 5.74) is 8.50. The van der Waals surface area contributed by atoms with E-state index in [-0.39, 0.29) is 5.88 Å². The van der Waals surface area contributed by atoms with Gasteiger partial charge in [0.1, 0.15) is 11.6 Å². The number of ether oxygens (including phenoxy) is 1. The number of benzene rings is 2. The van der Waals surface area contributed by atoms with Crippen LogP contribution in [0.2, 0.25) is 0 Å². The van der Waals surface area contributed by atoms with Crippen LogP contribution < -0.4 is 10.5 Å². The molecular weight excluding hydrogens is 260 g/mol. The number of nitrogens with zero attached hydrogens (tertiary/aromatic N) is 1. The topological polar surface area (TPSA) is 47.6 Å². The molecule has 4 heteroatoms. The van der Waals surface area contributed by atoms with Crippen molar-refractivity contribution in [3.05, 3.63) is 48.5 Å². The molecule has 0 unspecified atom stereocenters. The summed E-state index contributed by atoms with van der Waals surface area (Å²) in [4.78, 5) is 4.19. The largest absolute Gasteiger partial charge is 0.496 e. The molecule has 0 saturated heterocycles. The number of para-hydroxylation sites is 1. The summed E-state index contributed by atoms with van der Waals surface area (Å²) in [6.07, 6.45) is 0. The summed E-state index contributed by atoms with van der Waals surface area (Å²) < 4.78 is 5.35. The minimum atomic E-state index is 0.230. The number of nitrogens with two attached hydrogens (primary N) is 1. The van der Waals surface area contributed by atoms with Crippen molar-refractivity contribution in [1.82, 2.24) is 0 Å². The molecule has 2 N–H and O–H groups in total. The van der Waals surface area contributed by atoms with Gasteiger partial charge in [0.05, 0.1) is 18.7 Å². The number of aliphatic imine (C=N–C) groups is 1. The van der Waals surface area contributed by atoms with Crippen LogP contribution in [0.15, 0.2) is 53.5 Å². The summed E-state index contributed by atoms with van der Waals surface area (Å²) in [6, 6.07) is 15.7. The van der Waals surface area contributed by atoms with Gasteiger partial charge in [0.15, 0.2) is 0 Å². The third-order valence-electron chi connectivity index (χ3n) is 2.69. The van der Waals surface area contributed by atoms with Crippen LogP contribution in [0.4, 0.5) is 5.69 Å². The summed E-state index contributed by atoms with van der Waals surface area (Å²) in [6.45, 7) is 0. The van der Waals surface area contributed by atoms with E-state index in [0.29, 0.717) is 5.84 Å². The van der Waals surface area contributed by atoms with Gasteiger partial charge in [-0.25, -0.2) is 4.99 Å². The highest BCUT2D eigenvalue weighted by molar-refractivity contribution is 6.28. The van der Waals surface area contributed by atoms with E-state index in [9.17, 15) is 0 Å². The lowest BCUT2D eigenvalue weighted by atomic mass is 10.0. The molecular formula is C15H15ClN2O. The first-order valence-corrected chi connectivity index (χ1v) is 6.40. The van der Waals surface area contributed by atoms with Gasteiger partial charge in [0.2, 0.25) is 0 Å². The Hall–Kier alpha value is -2.00. The van der Waals surface area contributed by atoms with Crippen LogP contribution in [0.3, 0.4) is 0 Å². The minimum Gasteiger partial charge on any atom is -0.496 e. The molecule has 2 aromatic rings. The van der Waals surface area contributed by atoms with Crippen molar-refractivity contribution in [3.8, 4) is 16.9 Å². The number of amidine groups is 1. The third-order valence-corrected chi connectivity index (χ3v) is 2.97. The highest BCUT2D eigenvalue weighted by Gasteiger charge is 2.04. The zero-order chi connectivity index (χ0) is 13.7. The fourth-order valence-corrected chi connectivity index (χ4v) is 1.85. The number of methoxy groups -OCH3 is 1. The smallest absolute Gasteiger partial charge is 0.126 e. The lowest BCUT2D eigenvalue weighted by Crippen LogP contribution is -2.12. The molecule has 0 aliphatic carbocycles. The van der Waals surface area contributed by atoms with E-state index in [0.717, 1.165) is 22.6 Å². The molecule has 2 aromatic carbocycles. The van der Waals surface area contributed by atoms with E-state index in [1.807, 2.05) is 48.5 Å². The number of hydrogen-bond acceptors (Lipinski definition) is 2. The molecule has 0 aliphatic rings. The maximum Gasteiger partial charge on any atom is 0.126 e. The van der Waals surface area contributed by atoms with Gasteiger partial charge >= 0.3 is 0 Å². The fraction of sp³-hybridized carbons (Fsp3) is 0.133. The molecule has 0 aliphatic heterocycles. The number of alkyl halides is 1. The Kier molecular flexibility index (Phi) is 4.42. The Morgan fingerprint density at radius 1 is 1.16 bits per heavy atom. The molecule has 19 heavy (non-hydrogen) atoms. The fourth-order valence-electron chi connectivity index (χ4n) is 1.79. The Morgan fingerprint density at radius 3 is 2.47 bits per heavy atom. The van der Waals surface area contributed by atoms with E-state index in [1.54, 1.807) is 7.11 Å². The third kappa shape index (κ3) is 3.26. The van der Waals surface area contributed by atoms with Gasteiger partial charge in [-0.1, -0.05) is 30.3 Å². The summed E-state index contributed by atoms with van der Waals surface area (Å²) in [5.74, 6) is 1.49. The van der Waals surface area contributed by atoms with Crippen LogP contribution in [0, 0.1) is 0 Å². The summed E-state index contributed by atoms with van der Waals surface area (Å²) in [7, 11) is 1.67. The molecule has 0 aromatic heterocycles. The van der Waals surface area contributed by atoms with Crippen molar-refractivity contribution < 1.29 is 4.74 Å².